The van der Waals surface area contributed by atoms with Crippen LogP contribution >= 0.6 is 0 Å². The maximum Gasteiger partial charge on any atom is 0.125 e. The van der Waals surface area contributed by atoms with E-state index < -0.39 is 0 Å². The second kappa shape index (κ2) is 6.07. The van der Waals surface area contributed by atoms with E-state index in [4.69, 9.17) is 0 Å². The lowest BCUT2D eigenvalue weighted by molar-refractivity contribution is 0.607. The highest BCUT2D eigenvalue weighted by molar-refractivity contribution is 5.48. The first-order valence-electron chi connectivity index (χ1n) is 8.32. The predicted octanol–water partition coefficient (Wildman–Crippen LogP) is 4.26. The van der Waals surface area contributed by atoms with Crippen molar-refractivity contribution in [2.24, 2.45) is 0 Å². The molecule has 1 saturated heterocycles. The van der Waals surface area contributed by atoms with Crippen LogP contribution in [-0.2, 0) is 6.42 Å². The van der Waals surface area contributed by atoms with Crippen LogP contribution in [0.4, 0.5) is 10.1 Å². The van der Waals surface area contributed by atoms with Crippen molar-refractivity contribution >= 4 is 5.69 Å². The average Bonchev–Trinajstić information content (AvgIpc) is 3.32. The Balaban J connectivity index is 1.49. The molecule has 23 heavy (non-hydrogen) atoms. The zero-order valence-electron chi connectivity index (χ0n) is 13.1. The molecule has 1 heterocycles. The Bertz CT molecular complexity index is 717. The fourth-order valence-electron chi connectivity index (χ4n) is 3.41. The number of nitrogens with one attached hydrogen (secondary N) is 2. The predicted molar refractivity (Wildman–Crippen MR) is 91.8 cm³/mol. The van der Waals surface area contributed by atoms with Crippen molar-refractivity contribution in [3.63, 3.8) is 0 Å². The maximum atomic E-state index is 13.4. The molecule has 3 heteroatoms. The SMILES string of the molecule is Fc1cccc(NC2CC(Cc3ccccc3)NC2=C2CC2)c1. The number of benzene rings is 2. The fourth-order valence-corrected chi connectivity index (χ4v) is 3.41. The Morgan fingerprint density at radius 1 is 1.04 bits per heavy atom. The van der Waals surface area contributed by atoms with Crippen LogP contribution in [0.5, 0.6) is 0 Å². The van der Waals surface area contributed by atoms with E-state index in [9.17, 15) is 4.39 Å². The molecule has 2 nitrogen and oxygen atoms in total. The molecule has 2 fully saturated rings. The molecule has 4 rings (SSSR count). The number of halogens is 1. The lowest BCUT2D eigenvalue weighted by Gasteiger charge is -2.15. The van der Waals surface area contributed by atoms with E-state index in [1.54, 1.807) is 12.1 Å². The minimum atomic E-state index is -0.192. The summed E-state index contributed by atoms with van der Waals surface area (Å²) in [5.74, 6) is -0.192. The molecule has 0 amide bonds. The molecule has 2 aromatic carbocycles. The van der Waals surface area contributed by atoms with Crippen LogP contribution in [-0.4, -0.2) is 12.1 Å². The first-order valence-corrected chi connectivity index (χ1v) is 8.32. The second-order valence-electron chi connectivity index (χ2n) is 6.49. The third-order valence-electron chi connectivity index (χ3n) is 4.60. The molecule has 2 aliphatic rings. The lowest BCUT2D eigenvalue weighted by atomic mass is 10.0. The summed E-state index contributed by atoms with van der Waals surface area (Å²) in [5.41, 5.74) is 5.08. The van der Waals surface area contributed by atoms with Crippen molar-refractivity contribution in [3.8, 4) is 0 Å². The Morgan fingerprint density at radius 2 is 1.87 bits per heavy atom. The zero-order valence-corrected chi connectivity index (χ0v) is 13.1. The van der Waals surface area contributed by atoms with Crippen molar-refractivity contribution in [2.75, 3.05) is 5.32 Å². The molecule has 1 aliphatic carbocycles. The summed E-state index contributed by atoms with van der Waals surface area (Å²) in [7, 11) is 0. The summed E-state index contributed by atoms with van der Waals surface area (Å²) in [6, 6.07) is 18.0. The summed E-state index contributed by atoms with van der Waals surface area (Å²) >= 11 is 0. The van der Waals surface area contributed by atoms with Gasteiger partial charge in [-0.15, -0.1) is 0 Å². The van der Waals surface area contributed by atoms with Gasteiger partial charge in [-0.05, 0) is 55.0 Å². The van der Waals surface area contributed by atoms with Gasteiger partial charge in [0, 0.05) is 17.4 Å². The quantitative estimate of drug-likeness (QED) is 0.882. The average molecular weight is 308 g/mol. The van der Waals surface area contributed by atoms with Crippen LogP contribution in [0.25, 0.3) is 0 Å². The van der Waals surface area contributed by atoms with E-state index in [1.807, 2.05) is 6.07 Å². The van der Waals surface area contributed by atoms with Gasteiger partial charge in [0.2, 0.25) is 0 Å². The third kappa shape index (κ3) is 3.39. The number of rotatable bonds is 4. The molecule has 1 aliphatic heterocycles. The molecule has 0 bridgehead atoms. The largest absolute Gasteiger partial charge is 0.384 e. The van der Waals surface area contributed by atoms with Gasteiger partial charge in [0.05, 0.1) is 6.04 Å². The van der Waals surface area contributed by atoms with E-state index in [1.165, 1.54) is 35.7 Å². The van der Waals surface area contributed by atoms with Crippen LogP contribution in [0.2, 0.25) is 0 Å². The van der Waals surface area contributed by atoms with E-state index in [-0.39, 0.29) is 11.9 Å². The van der Waals surface area contributed by atoms with Gasteiger partial charge < -0.3 is 10.6 Å². The van der Waals surface area contributed by atoms with Crippen LogP contribution in [0.15, 0.2) is 65.9 Å². The van der Waals surface area contributed by atoms with Crippen LogP contribution in [0.1, 0.15) is 24.8 Å². The highest BCUT2D eigenvalue weighted by atomic mass is 19.1. The van der Waals surface area contributed by atoms with Crippen molar-refractivity contribution < 1.29 is 4.39 Å². The molecule has 2 aromatic rings. The van der Waals surface area contributed by atoms with Crippen molar-refractivity contribution in [1.82, 2.24) is 5.32 Å². The number of anilines is 1. The molecule has 0 aromatic heterocycles. The molecule has 1 saturated carbocycles. The van der Waals surface area contributed by atoms with Crippen molar-refractivity contribution in [3.05, 3.63) is 77.2 Å². The van der Waals surface area contributed by atoms with Crippen LogP contribution in [0, 0.1) is 5.82 Å². The van der Waals surface area contributed by atoms with Gasteiger partial charge in [-0.1, -0.05) is 36.4 Å². The van der Waals surface area contributed by atoms with E-state index >= 15 is 0 Å². The van der Waals surface area contributed by atoms with Gasteiger partial charge in [0.25, 0.3) is 0 Å². The smallest absolute Gasteiger partial charge is 0.125 e. The van der Waals surface area contributed by atoms with Crippen molar-refractivity contribution in [1.29, 1.82) is 0 Å². The van der Waals surface area contributed by atoms with Crippen molar-refractivity contribution in [2.45, 2.75) is 37.8 Å². The summed E-state index contributed by atoms with van der Waals surface area (Å²) in [6.45, 7) is 0. The van der Waals surface area contributed by atoms with Crippen LogP contribution in [0.3, 0.4) is 0 Å². The van der Waals surface area contributed by atoms with Gasteiger partial charge in [-0.25, -0.2) is 4.39 Å². The zero-order chi connectivity index (χ0) is 15.6. The normalized spacial score (nSPS) is 22.8. The van der Waals surface area contributed by atoms with Crippen LogP contribution < -0.4 is 10.6 Å². The minimum absolute atomic E-state index is 0.192. The topological polar surface area (TPSA) is 24.1 Å². The Kier molecular flexibility index (Phi) is 3.78. The van der Waals surface area contributed by atoms with E-state index in [0.29, 0.717) is 6.04 Å². The van der Waals surface area contributed by atoms with E-state index in [2.05, 4.69) is 41.0 Å². The fraction of sp³-hybridized carbons (Fsp3) is 0.300. The molecule has 2 N–H and O–H groups in total. The summed E-state index contributed by atoms with van der Waals surface area (Å²) in [6.07, 6.45) is 4.45. The van der Waals surface area contributed by atoms with Gasteiger partial charge >= 0.3 is 0 Å². The standard InChI is InChI=1S/C20H21FN2/c21-16-7-4-8-17(12-16)22-19-13-18(23-20(19)15-9-10-15)11-14-5-2-1-3-6-14/h1-8,12,18-19,22-23H,9-11,13H2. The van der Waals surface area contributed by atoms with Gasteiger partial charge in [-0.3, -0.25) is 0 Å². The maximum absolute atomic E-state index is 13.4. The number of hydrogen-bond acceptors (Lipinski definition) is 2. The summed E-state index contributed by atoms with van der Waals surface area (Å²) < 4.78 is 13.4. The second-order valence-corrected chi connectivity index (χ2v) is 6.49. The Morgan fingerprint density at radius 3 is 2.61 bits per heavy atom. The van der Waals surface area contributed by atoms with Gasteiger partial charge in [0.1, 0.15) is 5.82 Å². The Labute approximate surface area is 136 Å². The molecule has 2 atom stereocenters. The third-order valence-corrected chi connectivity index (χ3v) is 4.60. The first-order chi connectivity index (χ1) is 11.3. The Hall–Kier alpha value is -2.29. The molecular weight excluding hydrogens is 287 g/mol. The summed E-state index contributed by atoms with van der Waals surface area (Å²) in [5, 5.41) is 7.22. The molecule has 0 radical (unpaired) electrons. The summed E-state index contributed by atoms with van der Waals surface area (Å²) in [4.78, 5) is 0. The molecule has 0 spiro atoms. The van der Waals surface area contributed by atoms with Gasteiger partial charge in [-0.2, -0.15) is 0 Å². The monoisotopic (exact) mass is 308 g/mol. The minimum Gasteiger partial charge on any atom is -0.384 e. The number of hydrogen-bond donors (Lipinski definition) is 2. The van der Waals surface area contributed by atoms with Gasteiger partial charge in [0.15, 0.2) is 0 Å². The molecule has 118 valence electrons. The highest BCUT2D eigenvalue weighted by Crippen LogP contribution is 2.37. The van der Waals surface area contributed by atoms with E-state index in [0.717, 1.165) is 18.5 Å². The molecular formula is C20H21FN2. The molecule has 2 unspecified atom stereocenters. The number of allylic oxidation sites excluding steroid dienone is 1. The first kappa shape index (κ1) is 14.3. The highest BCUT2D eigenvalue weighted by Gasteiger charge is 2.33. The lowest BCUT2D eigenvalue weighted by Crippen LogP contribution is -2.23.